The predicted molar refractivity (Wildman–Crippen MR) is 141 cm³/mol. The van der Waals surface area contributed by atoms with Gasteiger partial charge < -0.3 is 10.2 Å². The molecule has 0 aliphatic heterocycles. The zero-order valence-corrected chi connectivity index (χ0v) is 21.4. The minimum atomic E-state index is -0.814. The van der Waals surface area contributed by atoms with Gasteiger partial charge in [0.25, 0.3) is 0 Å². The first-order valence-corrected chi connectivity index (χ1v) is 13.0. The van der Waals surface area contributed by atoms with Crippen molar-refractivity contribution in [2.24, 2.45) is 0 Å². The van der Waals surface area contributed by atoms with Crippen molar-refractivity contribution in [2.45, 2.75) is 57.2 Å². The van der Waals surface area contributed by atoms with Gasteiger partial charge in [-0.1, -0.05) is 90.6 Å². The first-order chi connectivity index (χ1) is 17.4. The Bertz CT molecular complexity index is 1200. The van der Waals surface area contributed by atoms with Gasteiger partial charge in [0, 0.05) is 34.6 Å². The van der Waals surface area contributed by atoms with Crippen LogP contribution in [0.4, 0.5) is 4.39 Å². The Kier molecular flexibility index (Phi) is 9.00. The van der Waals surface area contributed by atoms with Crippen LogP contribution in [-0.2, 0) is 29.0 Å². The second-order valence-electron chi connectivity index (χ2n) is 9.22. The zero-order chi connectivity index (χ0) is 25.5. The predicted octanol–water partition coefficient (Wildman–Crippen LogP) is 6.37. The number of carbonyl (C=O) groups is 2. The highest BCUT2D eigenvalue weighted by atomic mass is 35.5. The molecule has 0 saturated heterocycles. The van der Waals surface area contributed by atoms with E-state index in [9.17, 15) is 14.0 Å². The van der Waals surface area contributed by atoms with E-state index in [0.29, 0.717) is 27.6 Å². The maximum absolute atomic E-state index is 14.7. The summed E-state index contributed by atoms with van der Waals surface area (Å²) in [6.45, 7) is -0.0354. The van der Waals surface area contributed by atoms with E-state index in [1.165, 1.54) is 11.0 Å². The molecule has 0 bridgehead atoms. The first kappa shape index (κ1) is 26.2. The molecule has 1 atom stereocenters. The molecule has 0 unspecified atom stereocenters. The molecule has 0 radical (unpaired) electrons. The van der Waals surface area contributed by atoms with Gasteiger partial charge in [-0.05, 0) is 42.2 Å². The van der Waals surface area contributed by atoms with E-state index in [4.69, 9.17) is 23.2 Å². The van der Waals surface area contributed by atoms with Crippen LogP contribution in [0.25, 0.3) is 0 Å². The fourth-order valence-electron chi connectivity index (χ4n) is 4.66. The van der Waals surface area contributed by atoms with Crippen LogP contribution >= 0.6 is 23.2 Å². The molecule has 188 valence electrons. The normalized spacial score (nSPS) is 14.4. The third-order valence-corrected chi connectivity index (χ3v) is 7.21. The molecule has 4 nitrogen and oxygen atoms in total. The minimum Gasteiger partial charge on any atom is -0.352 e. The monoisotopic (exact) mass is 526 g/mol. The average Bonchev–Trinajstić information content (AvgIpc) is 3.37. The number of nitrogens with one attached hydrogen (secondary N) is 1. The molecule has 3 aromatic carbocycles. The van der Waals surface area contributed by atoms with Gasteiger partial charge in [0.05, 0.1) is 6.42 Å². The van der Waals surface area contributed by atoms with Gasteiger partial charge in [0.2, 0.25) is 11.8 Å². The molecule has 4 rings (SSSR count). The molecule has 3 aromatic rings. The molecule has 0 aromatic heterocycles. The van der Waals surface area contributed by atoms with Crippen molar-refractivity contribution in [3.63, 3.8) is 0 Å². The highest BCUT2D eigenvalue weighted by Crippen LogP contribution is 2.24. The maximum Gasteiger partial charge on any atom is 0.243 e. The molecule has 1 N–H and O–H groups in total. The van der Waals surface area contributed by atoms with Crippen molar-refractivity contribution in [3.05, 3.63) is 105 Å². The van der Waals surface area contributed by atoms with Gasteiger partial charge in [-0.3, -0.25) is 9.59 Å². The Labute approximate surface area is 221 Å². The summed E-state index contributed by atoms with van der Waals surface area (Å²) in [6.07, 6.45) is 4.26. The van der Waals surface area contributed by atoms with Crippen molar-refractivity contribution in [3.8, 4) is 0 Å². The molecule has 1 aliphatic rings. The first-order valence-electron chi connectivity index (χ1n) is 12.2. The number of carbonyl (C=O) groups excluding carboxylic acids is 2. The highest BCUT2D eigenvalue weighted by molar-refractivity contribution is 6.35. The van der Waals surface area contributed by atoms with Crippen molar-refractivity contribution in [1.82, 2.24) is 10.2 Å². The largest absolute Gasteiger partial charge is 0.352 e. The second kappa shape index (κ2) is 12.4. The Hall–Kier alpha value is -2.89. The molecule has 2 amide bonds. The van der Waals surface area contributed by atoms with Gasteiger partial charge >= 0.3 is 0 Å². The number of hydrogen-bond acceptors (Lipinski definition) is 2. The van der Waals surface area contributed by atoms with Gasteiger partial charge in [-0.15, -0.1) is 0 Å². The van der Waals surface area contributed by atoms with Crippen LogP contribution in [0.5, 0.6) is 0 Å². The van der Waals surface area contributed by atoms with Crippen molar-refractivity contribution in [1.29, 1.82) is 0 Å². The number of amides is 2. The summed E-state index contributed by atoms with van der Waals surface area (Å²) in [5.41, 5.74) is 1.86. The van der Waals surface area contributed by atoms with Crippen LogP contribution in [0, 0.1) is 5.82 Å². The van der Waals surface area contributed by atoms with E-state index in [1.54, 1.807) is 36.4 Å². The molecule has 1 saturated carbocycles. The van der Waals surface area contributed by atoms with Crippen molar-refractivity contribution in [2.75, 3.05) is 0 Å². The van der Waals surface area contributed by atoms with Crippen LogP contribution in [-0.4, -0.2) is 28.8 Å². The molecule has 1 fully saturated rings. The summed E-state index contributed by atoms with van der Waals surface area (Å²) in [6, 6.07) is 20.1. The van der Waals surface area contributed by atoms with E-state index in [2.05, 4.69) is 5.32 Å². The Morgan fingerprint density at radius 2 is 1.64 bits per heavy atom. The lowest BCUT2D eigenvalue weighted by Gasteiger charge is -2.32. The lowest BCUT2D eigenvalue weighted by atomic mass is 10.0. The van der Waals surface area contributed by atoms with Gasteiger partial charge in [-0.25, -0.2) is 4.39 Å². The summed E-state index contributed by atoms with van der Waals surface area (Å²) in [4.78, 5) is 28.9. The van der Waals surface area contributed by atoms with E-state index >= 15 is 0 Å². The third-order valence-electron chi connectivity index (χ3n) is 6.63. The standard InChI is InChI=1S/C29H29Cl2FN2O2/c30-23-15-14-21(25(31)18-23)17-28(35)34(19-22-10-4-7-13-26(22)32)27(16-20-8-2-1-3-9-20)29(36)33-24-11-5-6-12-24/h1-4,7-10,13-15,18,24,27H,5-6,11-12,16-17,19H2,(H,33,36)/t27-/m1/s1. The van der Waals surface area contributed by atoms with Crippen LogP contribution < -0.4 is 5.32 Å². The van der Waals surface area contributed by atoms with E-state index in [-0.39, 0.29) is 30.8 Å². The van der Waals surface area contributed by atoms with Crippen LogP contribution in [0.1, 0.15) is 42.4 Å². The SMILES string of the molecule is O=C(NC1CCCC1)[C@@H](Cc1ccccc1)N(Cc1ccccc1F)C(=O)Cc1ccc(Cl)cc1Cl. The lowest BCUT2D eigenvalue weighted by Crippen LogP contribution is -2.52. The molecule has 36 heavy (non-hydrogen) atoms. The quantitative estimate of drug-likeness (QED) is 0.352. The van der Waals surface area contributed by atoms with Crippen LogP contribution in [0.15, 0.2) is 72.8 Å². The molecule has 0 heterocycles. The number of benzene rings is 3. The number of nitrogens with zero attached hydrogens (tertiary/aromatic N) is 1. The topological polar surface area (TPSA) is 49.4 Å². The van der Waals surface area contributed by atoms with Crippen molar-refractivity contribution >= 4 is 35.0 Å². The van der Waals surface area contributed by atoms with Gasteiger partial charge in [0.15, 0.2) is 0 Å². The van der Waals surface area contributed by atoms with E-state index in [1.807, 2.05) is 30.3 Å². The van der Waals surface area contributed by atoms with E-state index in [0.717, 1.165) is 31.2 Å². The molecule has 0 spiro atoms. The van der Waals surface area contributed by atoms with Gasteiger partial charge in [-0.2, -0.15) is 0 Å². The smallest absolute Gasteiger partial charge is 0.243 e. The average molecular weight is 527 g/mol. The Morgan fingerprint density at radius 1 is 0.944 bits per heavy atom. The summed E-state index contributed by atoms with van der Waals surface area (Å²) in [5, 5.41) is 3.99. The summed E-state index contributed by atoms with van der Waals surface area (Å²) < 4.78 is 14.7. The molecule has 7 heteroatoms. The third kappa shape index (κ3) is 6.86. The van der Waals surface area contributed by atoms with Gasteiger partial charge in [0.1, 0.15) is 11.9 Å². The molecular weight excluding hydrogens is 498 g/mol. The fourth-order valence-corrected chi connectivity index (χ4v) is 5.14. The minimum absolute atomic E-state index is 0.0353. The maximum atomic E-state index is 14.7. The second-order valence-corrected chi connectivity index (χ2v) is 10.1. The summed E-state index contributed by atoms with van der Waals surface area (Å²) in [7, 11) is 0. The Morgan fingerprint density at radius 3 is 2.33 bits per heavy atom. The van der Waals surface area contributed by atoms with E-state index < -0.39 is 11.9 Å². The molecular formula is C29H29Cl2FN2O2. The summed E-state index contributed by atoms with van der Waals surface area (Å²) >= 11 is 12.4. The molecule has 1 aliphatic carbocycles. The number of rotatable bonds is 9. The van der Waals surface area contributed by atoms with Crippen molar-refractivity contribution < 1.29 is 14.0 Å². The zero-order valence-electron chi connectivity index (χ0n) is 19.9. The summed E-state index contributed by atoms with van der Waals surface area (Å²) in [5.74, 6) is -0.961. The fraction of sp³-hybridized carbons (Fsp3) is 0.310. The lowest BCUT2D eigenvalue weighted by molar-refractivity contribution is -0.141. The van der Waals surface area contributed by atoms with Crippen LogP contribution in [0.3, 0.4) is 0 Å². The van der Waals surface area contributed by atoms with Crippen LogP contribution in [0.2, 0.25) is 10.0 Å². The Balaban J connectivity index is 1.68. The number of hydrogen-bond donors (Lipinski definition) is 1. The highest BCUT2D eigenvalue weighted by Gasteiger charge is 2.32. The number of halogens is 3.